The van der Waals surface area contributed by atoms with Crippen molar-refractivity contribution < 1.29 is 9.53 Å². The second-order valence-corrected chi connectivity index (χ2v) is 8.24. The van der Waals surface area contributed by atoms with Crippen LogP contribution in [0.3, 0.4) is 0 Å². The average Bonchev–Trinajstić information content (AvgIpc) is 3.42. The van der Waals surface area contributed by atoms with Crippen molar-refractivity contribution in [3.8, 4) is 5.75 Å². The highest BCUT2D eigenvalue weighted by atomic mass is 79.9. The molecule has 1 fully saturated rings. The first-order chi connectivity index (χ1) is 13.1. The van der Waals surface area contributed by atoms with Gasteiger partial charge in [-0.15, -0.1) is 0 Å². The number of ether oxygens (including phenoxy) is 1. The smallest absolute Gasteiger partial charge is 0.255 e. The van der Waals surface area contributed by atoms with Gasteiger partial charge >= 0.3 is 0 Å². The molecule has 1 aromatic heterocycles. The van der Waals surface area contributed by atoms with Crippen molar-refractivity contribution in [3.63, 3.8) is 0 Å². The molecule has 27 heavy (non-hydrogen) atoms. The highest BCUT2D eigenvalue weighted by Crippen LogP contribution is 2.40. The number of fused-ring (bicyclic) bond motifs is 1. The first kappa shape index (κ1) is 18.3. The zero-order chi connectivity index (χ0) is 18.8. The third-order valence-electron chi connectivity index (χ3n) is 5.43. The molecule has 142 valence electrons. The fourth-order valence-electron chi connectivity index (χ4n) is 3.66. The van der Waals surface area contributed by atoms with Crippen molar-refractivity contribution >= 4 is 27.7 Å². The van der Waals surface area contributed by atoms with Gasteiger partial charge in [0.05, 0.1) is 16.6 Å². The van der Waals surface area contributed by atoms with E-state index in [9.17, 15) is 4.79 Å². The molecular weight excluding hydrogens is 406 g/mol. The third kappa shape index (κ3) is 4.10. The Morgan fingerprint density at radius 2 is 2.22 bits per heavy atom. The monoisotopic (exact) mass is 429 g/mol. The Bertz CT molecular complexity index is 842. The normalized spacial score (nSPS) is 21.0. The van der Waals surface area contributed by atoms with E-state index < -0.39 is 0 Å². The van der Waals surface area contributed by atoms with Gasteiger partial charge in [-0.3, -0.25) is 4.79 Å². The molecule has 6 heteroatoms. The Hall–Kier alpha value is -2.08. The Morgan fingerprint density at radius 1 is 1.37 bits per heavy atom. The van der Waals surface area contributed by atoms with E-state index in [0.717, 1.165) is 40.6 Å². The summed E-state index contributed by atoms with van der Waals surface area (Å²) < 4.78 is 6.88. The molecule has 0 radical (unpaired) electrons. The highest BCUT2D eigenvalue weighted by Gasteiger charge is 2.31. The quantitative estimate of drug-likeness (QED) is 0.779. The van der Waals surface area contributed by atoms with E-state index >= 15 is 0 Å². The summed E-state index contributed by atoms with van der Waals surface area (Å²) in [6, 6.07) is 9.71. The van der Waals surface area contributed by atoms with Crippen molar-refractivity contribution in [2.45, 2.75) is 26.3 Å². The van der Waals surface area contributed by atoms with Crippen LogP contribution in [-0.2, 0) is 6.54 Å². The number of anilines is 1. The van der Waals surface area contributed by atoms with Crippen LogP contribution in [0.4, 0.5) is 5.82 Å². The van der Waals surface area contributed by atoms with Gasteiger partial charge in [0.2, 0.25) is 0 Å². The van der Waals surface area contributed by atoms with Crippen LogP contribution in [0.5, 0.6) is 5.75 Å². The van der Waals surface area contributed by atoms with E-state index in [1.165, 1.54) is 6.42 Å². The van der Waals surface area contributed by atoms with Gasteiger partial charge in [-0.2, -0.15) is 0 Å². The summed E-state index contributed by atoms with van der Waals surface area (Å²) in [6.45, 7) is 4.88. The second-order valence-electron chi connectivity index (χ2n) is 7.39. The predicted molar refractivity (Wildman–Crippen MR) is 109 cm³/mol. The second kappa shape index (κ2) is 7.89. The van der Waals surface area contributed by atoms with Gasteiger partial charge < -0.3 is 15.0 Å². The molecule has 2 heterocycles. The lowest BCUT2D eigenvalue weighted by atomic mass is 10.1. The number of hydrogen-bond acceptors (Lipinski definition) is 4. The molecule has 2 aliphatic rings. The van der Waals surface area contributed by atoms with Gasteiger partial charge in [-0.25, -0.2) is 4.98 Å². The molecule has 2 aromatic rings. The van der Waals surface area contributed by atoms with E-state index in [-0.39, 0.29) is 5.91 Å². The van der Waals surface area contributed by atoms with Crippen molar-refractivity contribution in [2.24, 2.45) is 11.8 Å². The number of nitrogens with zero attached hydrogens (tertiary/aromatic N) is 2. The zero-order valence-corrected chi connectivity index (χ0v) is 17.0. The molecular formula is C21H24BrN3O2. The maximum Gasteiger partial charge on any atom is 0.255 e. The standard InChI is InChI=1S/C21H24BrN3O2/c1-14-12-15(14)7-9-24-21(26)17-5-3-8-23-20(17)25-10-11-27-19-16(13-25)4-2-6-18(19)22/h2-6,8,14-15H,7,9-13H2,1H3,(H,24,26). The van der Waals surface area contributed by atoms with Crippen LogP contribution in [0.25, 0.3) is 0 Å². The molecule has 1 aliphatic heterocycles. The Balaban J connectivity index is 1.51. The summed E-state index contributed by atoms with van der Waals surface area (Å²) in [5, 5.41) is 3.07. The number of nitrogens with one attached hydrogen (secondary N) is 1. The SMILES string of the molecule is CC1CC1CCNC(=O)c1cccnc1N1CCOc2c(Br)cccc2C1. The number of hydrogen-bond donors (Lipinski definition) is 1. The molecule has 1 saturated carbocycles. The molecule has 5 nitrogen and oxygen atoms in total. The largest absolute Gasteiger partial charge is 0.490 e. The van der Waals surface area contributed by atoms with E-state index in [4.69, 9.17) is 4.74 Å². The maximum absolute atomic E-state index is 12.8. The van der Waals surface area contributed by atoms with E-state index in [2.05, 4.69) is 44.1 Å². The average molecular weight is 430 g/mol. The first-order valence-electron chi connectivity index (χ1n) is 9.52. The number of amides is 1. The van der Waals surface area contributed by atoms with Gasteiger partial charge in [-0.05, 0) is 58.8 Å². The number of halogens is 1. The van der Waals surface area contributed by atoms with Gasteiger partial charge in [0.15, 0.2) is 0 Å². The third-order valence-corrected chi connectivity index (χ3v) is 6.05. The molecule has 2 unspecified atom stereocenters. The van der Waals surface area contributed by atoms with Crippen LogP contribution in [0, 0.1) is 11.8 Å². The molecule has 1 amide bonds. The summed E-state index contributed by atoms with van der Waals surface area (Å²) in [5.41, 5.74) is 1.71. The number of pyridine rings is 1. The molecule has 1 aromatic carbocycles. The minimum atomic E-state index is -0.0500. The molecule has 2 atom stereocenters. The number of carbonyl (C=O) groups excluding carboxylic acids is 1. The van der Waals surface area contributed by atoms with Crippen LogP contribution >= 0.6 is 15.9 Å². The maximum atomic E-state index is 12.8. The van der Waals surface area contributed by atoms with Crippen molar-refractivity contribution in [3.05, 3.63) is 52.1 Å². The first-order valence-corrected chi connectivity index (χ1v) is 10.3. The number of carbonyl (C=O) groups is 1. The molecule has 1 N–H and O–H groups in total. The lowest BCUT2D eigenvalue weighted by Crippen LogP contribution is -2.31. The molecule has 0 spiro atoms. The van der Waals surface area contributed by atoms with Crippen molar-refractivity contribution in [1.29, 1.82) is 0 Å². The van der Waals surface area contributed by atoms with Crippen molar-refractivity contribution in [2.75, 3.05) is 24.6 Å². The number of aromatic nitrogens is 1. The molecule has 4 rings (SSSR count). The summed E-state index contributed by atoms with van der Waals surface area (Å²) >= 11 is 3.56. The van der Waals surface area contributed by atoms with Crippen molar-refractivity contribution in [1.82, 2.24) is 10.3 Å². The summed E-state index contributed by atoms with van der Waals surface area (Å²) in [6.07, 6.45) is 4.09. The molecule has 0 saturated heterocycles. The Kier molecular flexibility index (Phi) is 5.34. The van der Waals surface area contributed by atoms with Crippen LogP contribution < -0.4 is 15.0 Å². The van der Waals surface area contributed by atoms with Gasteiger partial charge in [0, 0.05) is 24.8 Å². The highest BCUT2D eigenvalue weighted by molar-refractivity contribution is 9.10. The Morgan fingerprint density at radius 3 is 3.04 bits per heavy atom. The fraction of sp³-hybridized carbons (Fsp3) is 0.429. The summed E-state index contributed by atoms with van der Waals surface area (Å²) in [7, 11) is 0. The molecule has 1 aliphatic carbocycles. The van der Waals surface area contributed by atoms with Crippen LogP contribution in [-0.4, -0.2) is 30.6 Å². The molecule has 0 bridgehead atoms. The topological polar surface area (TPSA) is 54.5 Å². The minimum absolute atomic E-state index is 0.0500. The van der Waals surface area contributed by atoms with E-state index in [1.807, 2.05) is 24.3 Å². The number of rotatable bonds is 5. The van der Waals surface area contributed by atoms with E-state index in [0.29, 0.717) is 31.1 Å². The van der Waals surface area contributed by atoms with Gasteiger partial charge in [0.25, 0.3) is 5.91 Å². The van der Waals surface area contributed by atoms with E-state index in [1.54, 1.807) is 6.20 Å². The van der Waals surface area contributed by atoms with Gasteiger partial charge in [0.1, 0.15) is 18.2 Å². The van der Waals surface area contributed by atoms with Crippen LogP contribution in [0.2, 0.25) is 0 Å². The minimum Gasteiger partial charge on any atom is -0.490 e. The lowest BCUT2D eigenvalue weighted by Gasteiger charge is -2.23. The van der Waals surface area contributed by atoms with Crippen LogP contribution in [0.15, 0.2) is 41.0 Å². The predicted octanol–water partition coefficient (Wildman–Crippen LogP) is 4.02. The summed E-state index contributed by atoms with van der Waals surface area (Å²) in [5.74, 6) is 3.13. The lowest BCUT2D eigenvalue weighted by molar-refractivity contribution is 0.0952. The number of benzene rings is 1. The van der Waals surface area contributed by atoms with Crippen LogP contribution in [0.1, 0.15) is 35.7 Å². The number of para-hydroxylation sites is 1. The zero-order valence-electron chi connectivity index (χ0n) is 15.5. The fourth-order valence-corrected chi connectivity index (χ4v) is 4.18. The summed E-state index contributed by atoms with van der Waals surface area (Å²) in [4.78, 5) is 19.4. The van der Waals surface area contributed by atoms with Gasteiger partial charge in [-0.1, -0.05) is 19.1 Å². The Labute approximate surface area is 168 Å².